The average molecular weight is 335 g/mol. The maximum Gasteiger partial charge on any atom is 0.249 e. The van der Waals surface area contributed by atoms with E-state index in [0.29, 0.717) is 0 Å². The van der Waals surface area contributed by atoms with Crippen LogP contribution in [-0.2, 0) is 19.2 Å². The quantitative estimate of drug-likeness (QED) is 0.737. The maximum atomic E-state index is 12.6. The fraction of sp³-hybridized carbons (Fsp3) is 0.765. The van der Waals surface area contributed by atoms with E-state index in [9.17, 15) is 19.2 Å². The molecule has 2 unspecified atom stereocenters. The molecule has 0 aromatic carbocycles. The van der Waals surface area contributed by atoms with Gasteiger partial charge in [0, 0.05) is 12.5 Å². The van der Waals surface area contributed by atoms with Crippen LogP contribution in [0.25, 0.3) is 0 Å². The van der Waals surface area contributed by atoms with Gasteiger partial charge in [-0.3, -0.25) is 29.4 Å². The second-order valence-electron chi connectivity index (χ2n) is 7.03. The lowest BCUT2D eigenvalue weighted by Gasteiger charge is -2.29. The summed E-state index contributed by atoms with van der Waals surface area (Å²) in [6, 6.07) is -1.12. The van der Waals surface area contributed by atoms with E-state index < -0.39 is 18.0 Å². The second kappa shape index (κ2) is 7.42. The molecule has 1 aliphatic carbocycles. The van der Waals surface area contributed by atoms with Crippen molar-refractivity contribution in [3.63, 3.8) is 0 Å². The van der Waals surface area contributed by atoms with Crippen LogP contribution in [0.1, 0.15) is 64.2 Å². The zero-order chi connectivity index (χ0) is 17.1. The molecule has 0 spiro atoms. The van der Waals surface area contributed by atoms with Crippen molar-refractivity contribution in [1.82, 2.24) is 15.5 Å². The molecule has 7 heteroatoms. The molecule has 0 aromatic heterocycles. The molecule has 2 atom stereocenters. The van der Waals surface area contributed by atoms with Gasteiger partial charge in [0.1, 0.15) is 6.04 Å². The zero-order valence-corrected chi connectivity index (χ0v) is 13.9. The standard InChI is InChI=1S/C17H25N3O4/c21-14-9-8-13(16(23)19-14)20-15(22)10-12(17(20)24)18-11-6-4-2-1-3-5-7-11/h11-13,18H,1-10H2,(H,19,21,23). The molecule has 7 nitrogen and oxygen atoms in total. The lowest BCUT2D eigenvalue weighted by atomic mass is 9.96. The highest BCUT2D eigenvalue weighted by Gasteiger charge is 2.46. The number of carbonyl (C=O) groups is 4. The van der Waals surface area contributed by atoms with Crippen molar-refractivity contribution >= 4 is 23.6 Å². The monoisotopic (exact) mass is 335 g/mol. The number of hydrogen-bond donors (Lipinski definition) is 2. The van der Waals surface area contributed by atoms with E-state index in [1.807, 2.05) is 0 Å². The van der Waals surface area contributed by atoms with E-state index in [-0.39, 0.29) is 43.0 Å². The molecule has 1 saturated carbocycles. The predicted octanol–water partition coefficient (Wildman–Crippen LogP) is 0.622. The first-order chi connectivity index (χ1) is 11.6. The van der Waals surface area contributed by atoms with Gasteiger partial charge in [-0.1, -0.05) is 32.1 Å². The van der Waals surface area contributed by atoms with Crippen LogP contribution in [0, 0.1) is 0 Å². The topological polar surface area (TPSA) is 95.6 Å². The molecule has 4 amide bonds. The van der Waals surface area contributed by atoms with E-state index in [4.69, 9.17) is 0 Å². The van der Waals surface area contributed by atoms with Crippen LogP contribution in [0.15, 0.2) is 0 Å². The van der Waals surface area contributed by atoms with E-state index in [1.165, 1.54) is 19.3 Å². The largest absolute Gasteiger partial charge is 0.303 e. The van der Waals surface area contributed by atoms with Gasteiger partial charge in [-0.25, -0.2) is 0 Å². The Morgan fingerprint density at radius 3 is 2.25 bits per heavy atom. The highest BCUT2D eigenvalue weighted by molar-refractivity contribution is 6.11. The van der Waals surface area contributed by atoms with Crippen molar-refractivity contribution < 1.29 is 19.2 Å². The van der Waals surface area contributed by atoms with Crippen molar-refractivity contribution in [2.75, 3.05) is 0 Å². The van der Waals surface area contributed by atoms with Gasteiger partial charge in [0.15, 0.2) is 0 Å². The minimum Gasteiger partial charge on any atom is -0.303 e. The first kappa shape index (κ1) is 17.1. The average Bonchev–Trinajstić information content (AvgIpc) is 2.77. The first-order valence-electron chi connectivity index (χ1n) is 9.02. The number of likely N-dealkylation sites (tertiary alicyclic amines) is 1. The van der Waals surface area contributed by atoms with Crippen LogP contribution >= 0.6 is 0 Å². The molecular formula is C17H25N3O4. The van der Waals surface area contributed by atoms with Crippen molar-refractivity contribution in [3.8, 4) is 0 Å². The summed E-state index contributed by atoms with van der Waals surface area (Å²) in [4.78, 5) is 49.2. The lowest BCUT2D eigenvalue weighted by molar-refractivity contribution is -0.150. The zero-order valence-electron chi connectivity index (χ0n) is 13.9. The van der Waals surface area contributed by atoms with Gasteiger partial charge in [-0.2, -0.15) is 0 Å². The lowest BCUT2D eigenvalue weighted by Crippen LogP contribution is -2.55. The number of amides is 4. The summed E-state index contributed by atoms with van der Waals surface area (Å²) < 4.78 is 0. The summed E-state index contributed by atoms with van der Waals surface area (Å²) in [5, 5.41) is 5.56. The van der Waals surface area contributed by atoms with Crippen LogP contribution in [0.2, 0.25) is 0 Å². The van der Waals surface area contributed by atoms with Gasteiger partial charge in [0.2, 0.25) is 23.6 Å². The fourth-order valence-corrected chi connectivity index (χ4v) is 3.94. The number of imide groups is 2. The summed E-state index contributed by atoms with van der Waals surface area (Å²) in [6.45, 7) is 0. The highest BCUT2D eigenvalue weighted by Crippen LogP contribution is 2.24. The highest BCUT2D eigenvalue weighted by atomic mass is 16.2. The first-order valence-corrected chi connectivity index (χ1v) is 9.02. The van der Waals surface area contributed by atoms with E-state index >= 15 is 0 Å². The Morgan fingerprint density at radius 2 is 1.58 bits per heavy atom. The number of rotatable bonds is 3. The molecule has 0 aromatic rings. The van der Waals surface area contributed by atoms with E-state index in [2.05, 4.69) is 10.6 Å². The van der Waals surface area contributed by atoms with Crippen molar-refractivity contribution in [3.05, 3.63) is 0 Å². The Bertz CT molecular complexity index is 540. The minimum atomic E-state index is -0.841. The molecule has 2 saturated heterocycles. The molecule has 3 fully saturated rings. The Labute approximate surface area is 141 Å². The van der Waals surface area contributed by atoms with Crippen LogP contribution in [0.4, 0.5) is 0 Å². The molecule has 132 valence electrons. The molecule has 0 radical (unpaired) electrons. The molecule has 3 rings (SSSR count). The molecule has 2 aliphatic heterocycles. The van der Waals surface area contributed by atoms with Gasteiger partial charge in [-0.15, -0.1) is 0 Å². The molecular weight excluding hydrogens is 310 g/mol. The third kappa shape index (κ3) is 3.66. The van der Waals surface area contributed by atoms with Crippen LogP contribution in [-0.4, -0.2) is 46.7 Å². The number of nitrogens with zero attached hydrogens (tertiary/aromatic N) is 1. The molecule has 3 aliphatic rings. The predicted molar refractivity (Wildman–Crippen MR) is 85.7 cm³/mol. The molecule has 24 heavy (non-hydrogen) atoms. The Hall–Kier alpha value is -1.76. The summed E-state index contributed by atoms with van der Waals surface area (Å²) in [5.74, 6) is -1.53. The minimum absolute atomic E-state index is 0.104. The normalized spacial score (nSPS) is 30.2. The van der Waals surface area contributed by atoms with Gasteiger partial charge in [0.05, 0.1) is 12.5 Å². The fourth-order valence-electron chi connectivity index (χ4n) is 3.94. The Kier molecular flexibility index (Phi) is 5.28. The maximum absolute atomic E-state index is 12.6. The summed E-state index contributed by atoms with van der Waals surface area (Å²) in [5.41, 5.74) is 0. The van der Waals surface area contributed by atoms with Crippen LogP contribution in [0.5, 0.6) is 0 Å². The SMILES string of the molecule is O=C1CCC(N2C(=O)CC(NC3CCCCCCC3)C2=O)C(=O)N1. The van der Waals surface area contributed by atoms with Crippen molar-refractivity contribution in [1.29, 1.82) is 0 Å². The third-order valence-corrected chi connectivity index (χ3v) is 5.25. The molecule has 0 bridgehead atoms. The van der Waals surface area contributed by atoms with Gasteiger partial charge in [0.25, 0.3) is 0 Å². The van der Waals surface area contributed by atoms with Gasteiger partial charge >= 0.3 is 0 Å². The van der Waals surface area contributed by atoms with Gasteiger partial charge in [-0.05, 0) is 19.3 Å². The van der Waals surface area contributed by atoms with E-state index in [1.54, 1.807) is 0 Å². The van der Waals surface area contributed by atoms with Gasteiger partial charge < -0.3 is 5.32 Å². The molecule has 2 N–H and O–H groups in total. The number of hydrogen-bond acceptors (Lipinski definition) is 5. The summed E-state index contributed by atoms with van der Waals surface area (Å²) in [6.07, 6.45) is 8.53. The second-order valence-corrected chi connectivity index (χ2v) is 7.03. The van der Waals surface area contributed by atoms with Crippen LogP contribution < -0.4 is 10.6 Å². The summed E-state index contributed by atoms with van der Waals surface area (Å²) in [7, 11) is 0. The number of carbonyl (C=O) groups excluding carboxylic acids is 4. The Balaban J connectivity index is 1.63. The van der Waals surface area contributed by atoms with Crippen molar-refractivity contribution in [2.45, 2.75) is 82.3 Å². The van der Waals surface area contributed by atoms with Crippen molar-refractivity contribution in [2.24, 2.45) is 0 Å². The third-order valence-electron chi connectivity index (χ3n) is 5.25. The van der Waals surface area contributed by atoms with E-state index in [0.717, 1.165) is 30.6 Å². The molecule has 2 heterocycles. The van der Waals surface area contributed by atoms with Crippen LogP contribution in [0.3, 0.4) is 0 Å². The number of piperidine rings is 1. The number of nitrogens with one attached hydrogen (secondary N) is 2. The summed E-state index contributed by atoms with van der Waals surface area (Å²) >= 11 is 0. The Morgan fingerprint density at radius 1 is 0.917 bits per heavy atom. The smallest absolute Gasteiger partial charge is 0.249 e.